The first-order valence-electron chi connectivity index (χ1n) is 7.76. The summed E-state index contributed by atoms with van der Waals surface area (Å²) in [5, 5.41) is 18.8. The van der Waals surface area contributed by atoms with E-state index in [1.165, 1.54) is 19.3 Å². The van der Waals surface area contributed by atoms with E-state index < -0.39 is 18.2 Å². The van der Waals surface area contributed by atoms with E-state index in [2.05, 4.69) is 4.90 Å². The quantitative estimate of drug-likeness (QED) is 0.737. The van der Waals surface area contributed by atoms with Crippen LogP contribution in [0.4, 0.5) is 4.79 Å². The minimum atomic E-state index is -1.13. The Balaban J connectivity index is 1.57. The van der Waals surface area contributed by atoms with E-state index in [-0.39, 0.29) is 18.9 Å². The lowest BCUT2D eigenvalue weighted by atomic mass is 9.91. The summed E-state index contributed by atoms with van der Waals surface area (Å²) in [6, 6.07) is -0.0289. The Hall–Kier alpha value is -1.34. The molecule has 7 heteroatoms. The zero-order chi connectivity index (χ0) is 15.0. The Morgan fingerprint density at radius 3 is 2.24 bits per heavy atom. The Labute approximate surface area is 124 Å². The van der Waals surface area contributed by atoms with Crippen molar-refractivity contribution < 1.29 is 19.8 Å². The molecule has 0 spiro atoms. The number of nitrogens with zero attached hydrogens (tertiary/aromatic N) is 3. The van der Waals surface area contributed by atoms with Crippen molar-refractivity contribution in [1.82, 2.24) is 14.7 Å². The van der Waals surface area contributed by atoms with Crippen LogP contribution in [-0.4, -0.2) is 87.8 Å². The van der Waals surface area contributed by atoms with E-state index in [1.54, 1.807) is 4.90 Å². The van der Waals surface area contributed by atoms with Crippen LogP contribution in [0, 0.1) is 0 Å². The highest BCUT2D eigenvalue weighted by Gasteiger charge is 2.41. The second-order valence-electron chi connectivity index (χ2n) is 6.29. The van der Waals surface area contributed by atoms with Gasteiger partial charge in [-0.25, -0.2) is 4.79 Å². The second kappa shape index (κ2) is 5.81. The highest BCUT2D eigenvalue weighted by atomic mass is 16.4. The lowest BCUT2D eigenvalue weighted by molar-refractivity contribution is -0.137. The fraction of sp³-hybridized carbons (Fsp3) is 0.857. The molecule has 7 nitrogen and oxygen atoms in total. The van der Waals surface area contributed by atoms with Crippen molar-refractivity contribution >= 4 is 12.0 Å². The molecule has 2 atom stereocenters. The number of carbonyl (C=O) groups is 2. The fourth-order valence-electron chi connectivity index (χ4n) is 3.53. The highest BCUT2D eigenvalue weighted by Crippen LogP contribution is 2.26. The first-order valence-corrected chi connectivity index (χ1v) is 7.76. The summed E-state index contributed by atoms with van der Waals surface area (Å²) < 4.78 is 0. The number of likely N-dealkylation sites (tertiary alicyclic amines) is 1. The van der Waals surface area contributed by atoms with Crippen molar-refractivity contribution in [2.75, 3.05) is 32.7 Å². The van der Waals surface area contributed by atoms with E-state index in [1.807, 2.05) is 0 Å². The van der Waals surface area contributed by atoms with Gasteiger partial charge in [0.2, 0.25) is 5.91 Å². The summed E-state index contributed by atoms with van der Waals surface area (Å²) in [6.45, 7) is 3.11. The lowest BCUT2D eigenvalue weighted by Crippen LogP contribution is -2.56. The van der Waals surface area contributed by atoms with Crippen LogP contribution in [-0.2, 0) is 4.79 Å². The number of aliphatic hydroxyl groups is 1. The Bertz CT molecular complexity index is 418. The van der Waals surface area contributed by atoms with Crippen molar-refractivity contribution in [3.05, 3.63) is 0 Å². The number of carboxylic acid groups (broad SMARTS) is 1. The number of β-amino-alcohol motifs (C(OH)–C–C–N with tert-alkyl or cyclic N) is 1. The molecule has 2 heterocycles. The maximum atomic E-state index is 12.5. The summed E-state index contributed by atoms with van der Waals surface area (Å²) in [5.74, 6) is -0.151. The van der Waals surface area contributed by atoms with E-state index in [9.17, 15) is 14.7 Å². The molecule has 0 radical (unpaired) electrons. The molecule has 0 aromatic carbocycles. The third-order valence-corrected chi connectivity index (χ3v) is 5.03. The average molecular weight is 297 g/mol. The molecule has 118 valence electrons. The molecular weight excluding hydrogens is 274 g/mol. The van der Waals surface area contributed by atoms with Gasteiger partial charge in [0.05, 0.1) is 12.6 Å². The first kappa shape index (κ1) is 14.6. The Morgan fingerprint density at radius 1 is 1.05 bits per heavy atom. The van der Waals surface area contributed by atoms with Gasteiger partial charge in [-0.2, -0.15) is 0 Å². The normalized spacial score (nSPS) is 31.3. The van der Waals surface area contributed by atoms with Crippen LogP contribution < -0.4 is 0 Å². The van der Waals surface area contributed by atoms with Crippen LogP contribution in [0.2, 0.25) is 0 Å². The van der Waals surface area contributed by atoms with Gasteiger partial charge in [-0.1, -0.05) is 6.42 Å². The molecule has 2 amide bonds. The predicted molar refractivity (Wildman–Crippen MR) is 74.9 cm³/mol. The molecule has 0 aromatic heterocycles. The van der Waals surface area contributed by atoms with Gasteiger partial charge < -0.3 is 15.1 Å². The van der Waals surface area contributed by atoms with E-state index in [0.29, 0.717) is 19.1 Å². The third kappa shape index (κ3) is 2.85. The Kier molecular flexibility index (Phi) is 4.03. The molecule has 21 heavy (non-hydrogen) atoms. The molecule has 2 N–H and O–H groups in total. The summed E-state index contributed by atoms with van der Waals surface area (Å²) in [4.78, 5) is 28.9. The van der Waals surface area contributed by atoms with Crippen molar-refractivity contribution in [2.45, 2.75) is 43.9 Å². The van der Waals surface area contributed by atoms with Gasteiger partial charge in [0, 0.05) is 38.6 Å². The maximum absolute atomic E-state index is 12.5. The van der Waals surface area contributed by atoms with E-state index in [4.69, 9.17) is 5.11 Å². The van der Waals surface area contributed by atoms with Gasteiger partial charge in [0.25, 0.3) is 0 Å². The largest absolute Gasteiger partial charge is 0.465 e. The Morgan fingerprint density at radius 2 is 1.71 bits per heavy atom. The van der Waals surface area contributed by atoms with Crippen molar-refractivity contribution in [3.63, 3.8) is 0 Å². The predicted octanol–water partition coefficient (Wildman–Crippen LogP) is -0.204. The zero-order valence-electron chi connectivity index (χ0n) is 12.1. The molecule has 3 aliphatic rings. The molecule has 0 aromatic rings. The van der Waals surface area contributed by atoms with Crippen molar-refractivity contribution in [3.8, 4) is 0 Å². The van der Waals surface area contributed by atoms with Crippen molar-refractivity contribution in [1.29, 1.82) is 0 Å². The summed E-state index contributed by atoms with van der Waals surface area (Å²) in [5.41, 5.74) is 0. The molecule has 3 fully saturated rings. The number of piperazine rings is 1. The van der Waals surface area contributed by atoms with Crippen LogP contribution in [0.15, 0.2) is 0 Å². The maximum Gasteiger partial charge on any atom is 0.408 e. The fourth-order valence-corrected chi connectivity index (χ4v) is 3.53. The van der Waals surface area contributed by atoms with E-state index in [0.717, 1.165) is 18.0 Å². The van der Waals surface area contributed by atoms with Crippen LogP contribution in [0.5, 0.6) is 0 Å². The number of hydrogen-bond acceptors (Lipinski definition) is 4. The molecule has 3 rings (SSSR count). The lowest BCUT2D eigenvalue weighted by Gasteiger charge is -2.43. The molecule has 1 saturated carbocycles. The third-order valence-electron chi connectivity index (χ3n) is 5.03. The number of aliphatic hydroxyl groups excluding tert-OH is 1. The van der Waals surface area contributed by atoms with E-state index >= 15 is 0 Å². The molecule has 0 bridgehead atoms. The van der Waals surface area contributed by atoms with Crippen LogP contribution in [0.25, 0.3) is 0 Å². The number of carbonyl (C=O) groups excluding carboxylic acids is 1. The molecular formula is C14H23N3O4. The van der Waals surface area contributed by atoms with Crippen LogP contribution in [0.1, 0.15) is 25.7 Å². The van der Waals surface area contributed by atoms with Gasteiger partial charge in [-0.05, 0) is 12.8 Å². The second-order valence-corrected chi connectivity index (χ2v) is 6.29. The van der Waals surface area contributed by atoms with Crippen molar-refractivity contribution in [2.24, 2.45) is 0 Å². The monoisotopic (exact) mass is 297 g/mol. The SMILES string of the molecule is O=C([C@@H]1C[C@@H](O)CN1C(=O)O)N1CCN(C2CCC2)CC1. The summed E-state index contributed by atoms with van der Waals surface area (Å²) in [7, 11) is 0. The molecule has 0 unspecified atom stereocenters. The van der Waals surface area contributed by atoms with Gasteiger partial charge >= 0.3 is 6.09 Å². The van der Waals surface area contributed by atoms with Gasteiger partial charge in [0.1, 0.15) is 6.04 Å². The van der Waals surface area contributed by atoms with Crippen LogP contribution in [0.3, 0.4) is 0 Å². The number of hydrogen-bond donors (Lipinski definition) is 2. The number of rotatable bonds is 2. The molecule has 1 aliphatic carbocycles. The molecule has 2 saturated heterocycles. The standard InChI is InChI=1S/C14H23N3O4/c18-11-8-12(17(9-11)14(20)21)13(19)16-6-4-15(5-7-16)10-2-1-3-10/h10-12,18H,1-9H2,(H,20,21)/t11-,12+/m1/s1. The zero-order valence-corrected chi connectivity index (χ0v) is 12.1. The summed E-state index contributed by atoms with van der Waals surface area (Å²) >= 11 is 0. The average Bonchev–Trinajstić information content (AvgIpc) is 2.79. The highest BCUT2D eigenvalue weighted by molar-refractivity contribution is 5.86. The smallest absolute Gasteiger partial charge is 0.408 e. The minimum absolute atomic E-state index is 0.0355. The minimum Gasteiger partial charge on any atom is -0.465 e. The first-order chi connectivity index (χ1) is 10.1. The topological polar surface area (TPSA) is 84.3 Å². The number of amides is 2. The van der Waals surface area contributed by atoms with Crippen LogP contribution >= 0.6 is 0 Å². The van der Waals surface area contributed by atoms with Gasteiger partial charge in [-0.3, -0.25) is 14.6 Å². The van der Waals surface area contributed by atoms with Gasteiger partial charge in [0.15, 0.2) is 0 Å². The molecule has 2 aliphatic heterocycles. The van der Waals surface area contributed by atoms with Gasteiger partial charge in [-0.15, -0.1) is 0 Å². The summed E-state index contributed by atoms with van der Waals surface area (Å²) in [6.07, 6.45) is 2.18.